The summed E-state index contributed by atoms with van der Waals surface area (Å²) in [5.41, 5.74) is 0.371. The van der Waals surface area contributed by atoms with Crippen LogP contribution in [0.1, 0.15) is 10.4 Å². The lowest BCUT2D eigenvalue weighted by Crippen LogP contribution is -2.08. The van der Waals surface area contributed by atoms with Crippen LogP contribution in [0.2, 0.25) is 5.02 Å². The summed E-state index contributed by atoms with van der Waals surface area (Å²) in [6.45, 7) is 0. The van der Waals surface area contributed by atoms with Crippen molar-refractivity contribution in [3.05, 3.63) is 63.3 Å². The fourth-order valence-electron chi connectivity index (χ4n) is 1.30. The van der Waals surface area contributed by atoms with E-state index in [0.717, 1.165) is 0 Å². The Hall–Kier alpha value is -1.39. The van der Waals surface area contributed by atoms with Crippen molar-refractivity contribution in [1.29, 1.82) is 0 Å². The molecule has 0 unspecified atom stereocenters. The van der Waals surface area contributed by atoms with Gasteiger partial charge >= 0.3 is 5.97 Å². The first-order valence-corrected chi connectivity index (χ1v) is 6.16. The first-order chi connectivity index (χ1) is 8.56. The molecule has 0 radical (unpaired) electrons. The molecule has 0 aliphatic carbocycles. The van der Waals surface area contributed by atoms with Gasteiger partial charge in [-0.15, -0.1) is 0 Å². The number of carbonyl (C=O) groups is 1. The van der Waals surface area contributed by atoms with Gasteiger partial charge in [0.2, 0.25) is 0 Å². The summed E-state index contributed by atoms with van der Waals surface area (Å²) in [6, 6.07) is 10.1. The van der Waals surface area contributed by atoms with Gasteiger partial charge < -0.3 is 4.74 Å². The fraction of sp³-hybridized carbons (Fsp3) is 0. The minimum atomic E-state index is -0.529. The Labute approximate surface area is 116 Å². The van der Waals surface area contributed by atoms with Crippen LogP contribution in [0, 0.1) is 5.82 Å². The van der Waals surface area contributed by atoms with E-state index in [1.807, 2.05) is 0 Å². The van der Waals surface area contributed by atoms with Gasteiger partial charge in [-0.2, -0.15) is 0 Å². The minimum Gasteiger partial charge on any atom is -0.422 e. The largest absolute Gasteiger partial charge is 0.422 e. The molecule has 92 valence electrons. The van der Waals surface area contributed by atoms with Crippen LogP contribution in [-0.4, -0.2) is 5.97 Å². The van der Waals surface area contributed by atoms with Gasteiger partial charge in [0.15, 0.2) is 0 Å². The van der Waals surface area contributed by atoms with Crippen LogP contribution in [-0.2, 0) is 0 Å². The second kappa shape index (κ2) is 5.50. The molecule has 2 rings (SSSR count). The maximum Gasteiger partial charge on any atom is 0.343 e. The van der Waals surface area contributed by atoms with Crippen LogP contribution in [0.25, 0.3) is 0 Å². The molecule has 0 saturated carbocycles. The third-order valence-electron chi connectivity index (χ3n) is 2.18. The lowest BCUT2D eigenvalue weighted by Gasteiger charge is -2.06. The number of benzene rings is 2. The van der Waals surface area contributed by atoms with E-state index in [0.29, 0.717) is 15.1 Å². The SMILES string of the molecule is O=C(Oc1ccc(F)cc1Br)c1ccc(Cl)cc1. The zero-order chi connectivity index (χ0) is 13.1. The molecule has 0 aliphatic heterocycles. The van der Waals surface area contributed by atoms with Gasteiger partial charge in [0.1, 0.15) is 11.6 Å². The number of carbonyl (C=O) groups excluding carboxylic acids is 1. The second-order valence-corrected chi connectivity index (χ2v) is 4.76. The Morgan fingerprint density at radius 1 is 1.17 bits per heavy atom. The van der Waals surface area contributed by atoms with Crippen molar-refractivity contribution < 1.29 is 13.9 Å². The molecule has 0 saturated heterocycles. The fourth-order valence-corrected chi connectivity index (χ4v) is 1.86. The van der Waals surface area contributed by atoms with Crippen LogP contribution in [0.15, 0.2) is 46.9 Å². The molecule has 0 atom stereocenters. The van der Waals surface area contributed by atoms with Crippen LogP contribution in [0.5, 0.6) is 5.75 Å². The molecular weight excluding hydrogens is 322 g/mol. The van der Waals surface area contributed by atoms with E-state index in [-0.39, 0.29) is 5.75 Å². The van der Waals surface area contributed by atoms with Crippen LogP contribution in [0.4, 0.5) is 4.39 Å². The minimum absolute atomic E-state index is 0.261. The number of rotatable bonds is 2. The van der Waals surface area contributed by atoms with E-state index < -0.39 is 11.8 Å². The monoisotopic (exact) mass is 328 g/mol. The number of hydrogen-bond acceptors (Lipinski definition) is 2. The molecule has 0 spiro atoms. The normalized spacial score (nSPS) is 10.2. The third kappa shape index (κ3) is 3.09. The second-order valence-electron chi connectivity index (χ2n) is 3.47. The summed E-state index contributed by atoms with van der Waals surface area (Å²) in [5, 5.41) is 0.537. The van der Waals surface area contributed by atoms with Gasteiger partial charge in [0.25, 0.3) is 0 Å². The summed E-state index contributed by atoms with van der Waals surface area (Å²) < 4.78 is 18.4. The molecule has 2 aromatic rings. The lowest BCUT2D eigenvalue weighted by molar-refractivity contribution is 0.0733. The first-order valence-electron chi connectivity index (χ1n) is 4.99. The molecule has 0 heterocycles. The summed E-state index contributed by atoms with van der Waals surface area (Å²) in [4.78, 5) is 11.8. The predicted molar refractivity (Wildman–Crippen MR) is 70.5 cm³/mol. The average Bonchev–Trinajstić information content (AvgIpc) is 2.33. The summed E-state index contributed by atoms with van der Waals surface area (Å²) in [7, 11) is 0. The number of halogens is 3. The van der Waals surface area contributed by atoms with Crippen LogP contribution in [0.3, 0.4) is 0 Å². The number of hydrogen-bond donors (Lipinski definition) is 0. The van der Waals surface area contributed by atoms with E-state index in [2.05, 4.69) is 15.9 Å². The molecule has 2 nitrogen and oxygen atoms in total. The van der Waals surface area contributed by atoms with Crippen molar-refractivity contribution in [3.8, 4) is 5.75 Å². The lowest BCUT2D eigenvalue weighted by atomic mass is 10.2. The zero-order valence-corrected chi connectivity index (χ0v) is 11.3. The van der Waals surface area contributed by atoms with E-state index >= 15 is 0 Å². The van der Waals surface area contributed by atoms with Crippen molar-refractivity contribution in [2.45, 2.75) is 0 Å². The molecule has 0 bridgehead atoms. The first kappa shape index (κ1) is 13.1. The van der Waals surface area contributed by atoms with E-state index in [4.69, 9.17) is 16.3 Å². The standard InChI is InChI=1S/C13H7BrClFO2/c14-11-7-10(16)5-6-12(11)18-13(17)8-1-3-9(15)4-2-8/h1-7H. The highest BCUT2D eigenvalue weighted by molar-refractivity contribution is 9.10. The van der Waals surface area contributed by atoms with Crippen molar-refractivity contribution in [2.75, 3.05) is 0 Å². The summed E-state index contributed by atoms with van der Waals surface area (Å²) in [6.07, 6.45) is 0. The quantitative estimate of drug-likeness (QED) is 0.600. The van der Waals surface area contributed by atoms with Gasteiger partial charge in [-0.3, -0.25) is 0 Å². The maximum absolute atomic E-state index is 12.9. The Morgan fingerprint density at radius 2 is 1.83 bits per heavy atom. The van der Waals surface area contributed by atoms with Gasteiger partial charge in [0, 0.05) is 5.02 Å². The number of ether oxygens (including phenoxy) is 1. The molecule has 0 aliphatic rings. The Bertz CT molecular complexity index is 584. The zero-order valence-electron chi connectivity index (χ0n) is 8.99. The van der Waals surface area contributed by atoms with Gasteiger partial charge in [-0.1, -0.05) is 11.6 Å². The molecule has 5 heteroatoms. The summed E-state index contributed by atoms with van der Waals surface area (Å²) >= 11 is 8.84. The highest BCUT2D eigenvalue weighted by Crippen LogP contribution is 2.26. The van der Waals surface area contributed by atoms with Gasteiger partial charge in [0.05, 0.1) is 10.0 Å². The molecule has 0 amide bonds. The summed E-state index contributed by atoms with van der Waals surface area (Å²) in [5.74, 6) is -0.677. The Kier molecular flexibility index (Phi) is 3.99. The van der Waals surface area contributed by atoms with Crippen LogP contribution >= 0.6 is 27.5 Å². The van der Waals surface area contributed by atoms with Crippen molar-refractivity contribution in [2.24, 2.45) is 0 Å². The van der Waals surface area contributed by atoms with Gasteiger partial charge in [-0.25, -0.2) is 9.18 Å². The molecule has 0 aromatic heterocycles. The highest BCUT2D eigenvalue weighted by Gasteiger charge is 2.11. The third-order valence-corrected chi connectivity index (χ3v) is 3.05. The maximum atomic E-state index is 12.9. The van der Waals surface area contributed by atoms with Gasteiger partial charge in [-0.05, 0) is 58.4 Å². The molecular formula is C13H7BrClFO2. The van der Waals surface area contributed by atoms with Crippen molar-refractivity contribution in [1.82, 2.24) is 0 Å². The molecule has 0 fully saturated rings. The van der Waals surface area contributed by atoms with Crippen LogP contribution < -0.4 is 4.74 Å². The Balaban J connectivity index is 2.18. The Morgan fingerprint density at radius 3 is 2.44 bits per heavy atom. The average molecular weight is 330 g/mol. The van der Waals surface area contributed by atoms with E-state index in [9.17, 15) is 9.18 Å². The predicted octanol–water partition coefficient (Wildman–Crippen LogP) is 4.46. The van der Waals surface area contributed by atoms with Crippen molar-refractivity contribution >= 4 is 33.5 Å². The smallest absolute Gasteiger partial charge is 0.343 e. The molecule has 2 aromatic carbocycles. The van der Waals surface area contributed by atoms with E-state index in [1.165, 1.54) is 18.2 Å². The molecule has 18 heavy (non-hydrogen) atoms. The highest BCUT2D eigenvalue weighted by atomic mass is 79.9. The topological polar surface area (TPSA) is 26.3 Å². The van der Waals surface area contributed by atoms with Crippen molar-refractivity contribution in [3.63, 3.8) is 0 Å². The number of esters is 1. The molecule has 0 N–H and O–H groups in total. The van der Waals surface area contributed by atoms with E-state index in [1.54, 1.807) is 24.3 Å².